The number of amides is 2. The lowest BCUT2D eigenvalue weighted by Gasteiger charge is -2.26. The third kappa shape index (κ3) is 5.56. The average molecular weight is 298 g/mol. The van der Waals surface area contributed by atoms with Crippen LogP contribution in [-0.2, 0) is 4.79 Å². The lowest BCUT2D eigenvalue weighted by molar-refractivity contribution is -0.142. The van der Waals surface area contributed by atoms with Crippen LogP contribution in [0.5, 0.6) is 0 Å². The predicted octanol–water partition coefficient (Wildman–Crippen LogP) is 2.96. The standard InChI is InChI=1S/C16H30N2O3/c1-5-6-7-8-16(3,4)11-17-15(21)18-9-12(2)13(10-18)14(19)20/h12-13H,5-11H2,1-4H3,(H,17,21)(H,19,20)/t12-,13-/m1/s1. The lowest BCUT2D eigenvalue weighted by atomic mass is 9.87. The average Bonchev–Trinajstić information content (AvgIpc) is 2.78. The van der Waals surface area contributed by atoms with Gasteiger partial charge in [-0.2, -0.15) is 0 Å². The number of hydrogen-bond donors (Lipinski definition) is 2. The molecule has 21 heavy (non-hydrogen) atoms. The molecule has 1 aliphatic heterocycles. The number of urea groups is 1. The highest BCUT2D eigenvalue weighted by Crippen LogP contribution is 2.25. The van der Waals surface area contributed by atoms with Crippen molar-refractivity contribution < 1.29 is 14.7 Å². The van der Waals surface area contributed by atoms with Gasteiger partial charge in [-0.25, -0.2) is 4.79 Å². The predicted molar refractivity (Wildman–Crippen MR) is 83.2 cm³/mol. The number of carbonyl (C=O) groups excluding carboxylic acids is 1. The largest absolute Gasteiger partial charge is 0.481 e. The van der Waals surface area contributed by atoms with Crippen molar-refractivity contribution in [3.63, 3.8) is 0 Å². The van der Waals surface area contributed by atoms with E-state index in [1.165, 1.54) is 19.3 Å². The van der Waals surface area contributed by atoms with Gasteiger partial charge >= 0.3 is 12.0 Å². The van der Waals surface area contributed by atoms with Crippen molar-refractivity contribution >= 4 is 12.0 Å². The Morgan fingerprint density at radius 3 is 2.48 bits per heavy atom. The molecule has 1 rings (SSSR count). The topological polar surface area (TPSA) is 69.6 Å². The number of carbonyl (C=O) groups is 2. The molecular weight excluding hydrogens is 268 g/mol. The molecule has 0 spiro atoms. The molecule has 2 atom stereocenters. The van der Waals surface area contributed by atoms with Gasteiger partial charge in [0.2, 0.25) is 0 Å². The van der Waals surface area contributed by atoms with E-state index >= 15 is 0 Å². The molecule has 0 radical (unpaired) electrons. The quantitative estimate of drug-likeness (QED) is 0.710. The Labute approximate surface area is 128 Å². The molecule has 0 bridgehead atoms. The molecule has 0 aliphatic carbocycles. The maximum absolute atomic E-state index is 12.2. The van der Waals surface area contributed by atoms with Crippen molar-refractivity contribution in [3.8, 4) is 0 Å². The third-order valence-electron chi connectivity index (χ3n) is 4.39. The van der Waals surface area contributed by atoms with E-state index in [1.54, 1.807) is 4.90 Å². The summed E-state index contributed by atoms with van der Waals surface area (Å²) in [5.41, 5.74) is 0.0857. The van der Waals surface area contributed by atoms with Gasteiger partial charge in [0.05, 0.1) is 5.92 Å². The van der Waals surface area contributed by atoms with Gasteiger partial charge in [0.25, 0.3) is 0 Å². The highest BCUT2D eigenvalue weighted by molar-refractivity contribution is 5.77. The first-order valence-electron chi connectivity index (χ1n) is 8.02. The normalized spacial score (nSPS) is 22.4. The highest BCUT2D eigenvalue weighted by Gasteiger charge is 2.37. The van der Waals surface area contributed by atoms with Crippen LogP contribution in [0.3, 0.4) is 0 Å². The van der Waals surface area contributed by atoms with Crippen LogP contribution in [0.1, 0.15) is 53.4 Å². The molecule has 1 fully saturated rings. The van der Waals surface area contributed by atoms with Crippen molar-refractivity contribution in [2.24, 2.45) is 17.3 Å². The Morgan fingerprint density at radius 2 is 1.95 bits per heavy atom. The van der Waals surface area contributed by atoms with E-state index in [2.05, 4.69) is 26.1 Å². The van der Waals surface area contributed by atoms with Crippen molar-refractivity contribution in [2.75, 3.05) is 19.6 Å². The Hall–Kier alpha value is -1.26. The second kappa shape index (κ2) is 7.66. The molecule has 0 aromatic heterocycles. The van der Waals surface area contributed by atoms with Crippen LogP contribution in [0.15, 0.2) is 0 Å². The second-order valence-corrected chi connectivity index (χ2v) is 7.11. The van der Waals surface area contributed by atoms with Gasteiger partial charge in [0.1, 0.15) is 0 Å². The zero-order valence-electron chi connectivity index (χ0n) is 13.8. The first kappa shape index (κ1) is 17.8. The van der Waals surface area contributed by atoms with Gasteiger partial charge in [-0.05, 0) is 17.8 Å². The molecule has 1 aliphatic rings. The van der Waals surface area contributed by atoms with Crippen LogP contribution in [0.2, 0.25) is 0 Å². The summed E-state index contributed by atoms with van der Waals surface area (Å²) in [6.07, 6.45) is 4.70. The molecule has 122 valence electrons. The molecule has 0 unspecified atom stereocenters. The summed E-state index contributed by atoms with van der Waals surface area (Å²) in [6, 6.07) is -0.130. The first-order valence-corrected chi connectivity index (χ1v) is 8.02. The van der Waals surface area contributed by atoms with Crippen LogP contribution in [0.4, 0.5) is 4.79 Å². The Kier molecular flexibility index (Phi) is 6.49. The Bertz CT molecular complexity index is 369. The number of likely N-dealkylation sites (tertiary alicyclic amines) is 1. The van der Waals surface area contributed by atoms with Gasteiger partial charge in [0.15, 0.2) is 0 Å². The summed E-state index contributed by atoms with van der Waals surface area (Å²) in [5, 5.41) is 12.1. The van der Waals surface area contributed by atoms with E-state index in [-0.39, 0.29) is 17.4 Å². The summed E-state index contributed by atoms with van der Waals surface area (Å²) in [7, 11) is 0. The Balaban J connectivity index is 2.39. The fourth-order valence-electron chi connectivity index (χ4n) is 2.82. The van der Waals surface area contributed by atoms with E-state index in [0.717, 1.165) is 6.42 Å². The summed E-state index contributed by atoms with van der Waals surface area (Å²) in [5.74, 6) is -1.23. The van der Waals surface area contributed by atoms with Gasteiger partial charge in [-0.1, -0.05) is 47.0 Å². The summed E-state index contributed by atoms with van der Waals surface area (Å²) < 4.78 is 0. The first-order chi connectivity index (χ1) is 9.76. The minimum Gasteiger partial charge on any atom is -0.481 e. The smallest absolute Gasteiger partial charge is 0.317 e. The van der Waals surface area contributed by atoms with E-state index in [1.807, 2.05) is 6.92 Å². The zero-order valence-corrected chi connectivity index (χ0v) is 13.8. The van der Waals surface area contributed by atoms with Gasteiger partial charge in [-0.15, -0.1) is 0 Å². The molecule has 1 heterocycles. The van der Waals surface area contributed by atoms with E-state index in [4.69, 9.17) is 5.11 Å². The minimum atomic E-state index is -0.808. The summed E-state index contributed by atoms with van der Waals surface area (Å²) in [6.45, 7) is 9.88. The van der Waals surface area contributed by atoms with Crippen LogP contribution < -0.4 is 5.32 Å². The van der Waals surface area contributed by atoms with Crippen LogP contribution >= 0.6 is 0 Å². The second-order valence-electron chi connectivity index (χ2n) is 7.11. The number of carboxylic acids is 1. The van der Waals surface area contributed by atoms with Gasteiger partial charge in [0, 0.05) is 19.6 Å². The Morgan fingerprint density at radius 1 is 1.29 bits per heavy atom. The zero-order chi connectivity index (χ0) is 16.0. The molecule has 2 amide bonds. The molecule has 2 N–H and O–H groups in total. The van der Waals surface area contributed by atoms with Gasteiger partial charge < -0.3 is 15.3 Å². The van der Waals surface area contributed by atoms with Crippen molar-refractivity contribution in [1.82, 2.24) is 10.2 Å². The molecular formula is C16H30N2O3. The fourth-order valence-corrected chi connectivity index (χ4v) is 2.82. The number of aliphatic carboxylic acids is 1. The molecule has 1 saturated heterocycles. The number of carboxylic acid groups (broad SMARTS) is 1. The lowest BCUT2D eigenvalue weighted by Crippen LogP contribution is -2.43. The van der Waals surface area contributed by atoms with Crippen molar-refractivity contribution in [2.45, 2.75) is 53.4 Å². The number of unbranched alkanes of at least 4 members (excludes halogenated alkanes) is 2. The maximum atomic E-state index is 12.2. The summed E-state index contributed by atoms with van der Waals surface area (Å²) in [4.78, 5) is 24.9. The highest BCUT2D eigenvalue weighted by atomic mass is 16.4. The minimum absolute atomic E-state index is 0.0193. The van der Waals surface area contributed by atoms with Crippen LogP contribution in [0.25, 0.3) is 0 Å². The molecule has 5 heteroatoms. The van der Waals surface area contributed by atoms with E-state index < -0.39 is 11.9 Å². The monoisotopic (exact) mass is 298 g/mol. The van der Waals surface area contributed by atoms with Gasteiger partial charge in [-0.3, -0.25) is 4.79 Å². The number of rotatable bonds is 7. The van der Waals surface area contributed by atoms with Crippen molar-refractivity contribution in [1.29, 1.82) is 0 Å². The summed E-state index contributed by atoms with van der Waals surface area (Å²) >= 11 is 0. The molecule has 0 saturated carbocycles. The SMILES string of the molecule is CCCCCC(C)(C)CNC(=O)N1C[C@@H](C)[C@H](C(=O)O)C1. The third-order valence-corrected chi connectivity index (χ3v) is 4.39. The molecule has 0 aromatic rings. The number of nitrogens with one attached hydrogen (secondary N) is 1. The number of nitrogens with zero attached hydrogens (tertiary/aromatic N) is 1. The van der Waals surface area contributed by atoms with Crippen molar-refractivity contribution in [3.05, 3.63) is 0 Å². The maximum Gasteiger partial charge on any atom is 0.317 e. The molecule has 0 aromatic carbocycles. The van der Waals surface area contributed by atoms with Crippen LogP contribution in [-0.4, -0.2) is 41.6 Å². The van der Waals surface area contributed by atoms with E-state index in [9.17, 15) is 9.59 Å². The van der Waals surface area contributed by atoms with Crippen LogP contribution in [0, 0.1) is 17.3 Å². The number of hydrogen-bond acceptors (Lipinski definition) is 2. The fraction of sp³-hybridized carbons (Fsp3) is 0.875. The van der Waals surface area contributed by atoms with E-state index in [0.29, 0.717) is 19.6 Å². The molecule has 5 nitrogen and oxygen atoms in total.